The zero-order chi connectivity index (χ0) is 10.1. The molecule has 0 radical (unpaired) electrons. The first-order valence-corrected chi connectivity index (χ1v) is 6.78. The Hall–Kier alpha value is 0.310. The largest absolute Gasteiger partial charge is 0.317 e. The fourth-order valence-corrected chi connectivity index (χ4v) is 2.09. The van der Waals surface area contributed by atoms with Crippen LogP contribution in [0.15, 0.2) is 0 Å². The summed E-state index contributed by atoms with van der Waals surface area (Å²) in [4.78, 5) is 0. The van der Waals surface area contributed by atoms with Crippen molar-refractivity contribution in [3.63, 3.8) is 0 Å². The number of rotatable bonds is 8. The molecule has 0 bridgehead atoms. The van der Waals surface area contributed by atoms with Crippen LogP contribution in [-0.4, -0.2) is 25.1 Å². The normalized spacial score (nSPS) is 13.6. The van der Waals surface area contributed by atoms with Gasteiger partial charge in [0.25, 0.3) is 0 Å². The topological polar surface area (TPSA) is 12.0 Å². The van der Waals surface area contributed by atoms with Gasteiger partial charge in [0.15, 0.2) is 0 Å². The standard InChI is InChI=1S/C11H25NS/c1-10(2)11(12-3)8-6-5-7-9-13-4/h10-12H,5-9H2,1-4H3. The van der Waals surface area contributed by atoms with Crippen molar-refractivity contribution in [1.82, 2.24) is 5.32 Å². The molecule has 0 saturated carbocycles. The minimum absolute atomic E-state index is 0.717. The van der Waals surface area contributed by atoms with E-state index in [2.05, 4.69) is 32.5 Å². The maximum absolute atomic E-state index is 3.39. The molecule has 13 heavy (non-hydrogen) atoms. The average Bonchev–Trinajstić information content (AvgIpc) is 2.10. The fraction of sp³-hybridized carbons (Fsp3) is 1.00. The van der Waals surface area contributed by atoms with Gasteiger partial charge in [-0.05, 0) is 37.8 Å². The Balaban J connectivity index is 3.28. The van der Waals surface area contributed by atoms with Crippen LogP contribution in [0.1, 0.15) is 39.5 Å². The van der Waals surface area contributed by atoms with E-state index in [1.807, 2.05) is 11.8 Å². The second kappa shape index (κ2) is 8.89. The van der Waals surface area contributed by atoms with Crippen LogP contribution >= 0.6 is 11.8 Å². The van der Waals surface area contributed by atoms with Gasteiger partial charge in [0.05, 0.1) is 0 Å². The van der Waals surface area contributed by atoms with E-state index < -0.39 is 0 Å². The number of unbranched alkanes of at least 4 members (excludes halogenated alkanes) is 2. The van der Waals surface area contributed by atoms with Crippen molar-refractivity contribution in [1.29, 1.82) is 0 Å². The third kappa shape index (κ3) is 7.39. The molecule has 0 aromatic rings. The first-order valence-electron chi connectivity index (χ1n) is 5.38. The lowest BCUT2D eigenvalue weighted by Crippen LogP contribution is -2.30. The molecule has 0 spiro atoms. The van der Waals surface area contributed by atoms with Gasteiger partial charge in [-0.1, -0.05) is 26.7 Å². The van der Waals surface area contributed by atoms with Gasteiger partial charge in [0, 0.05) is 6.04 Å². The summed E-state index contributed by atoms with van der Waals surface area (Å²) in [6.45, 7) is 4.59. The molecule has 1 N–H and O–H groups in total. The highest BCUT2D eigenvalue weighted by molar-refractivity contribution is 7.98. The lowest BCUT2D eigenvalue weighted by molar-refractivity contribution is 0.389. The van der Waals surface area contributed by atoms with Crippen LogP contribution < -0.4 is 5.32 Å². The third-order valence-corrected chi connectivity index (χ3v) is 3.24. The highest BCUT2D eigenvalue weighted by Gasteiger charge is 2.09. The van der Waals surface area contributed by atoms with Gasteiger partial charge in [0.2, 0.25) is 0 Å². The summed E-state index contributed by atoms with van der Waals surface area (Å²) in [5, 5.41) is 3.39. The maximum atomic E-state index is 3.39. The zero-order valence-electron chi connectivity index (χ0n) is 9.60. The van der Waals surface area contributed by atoms with Gasteiger partial charge in [0.1, 0.15) is 0 Å². The summed E-state index contributed by atoms with van der Waals surface area (Å²) in [5.74, 6) is 2.09. The lowest BCUT2D eigenvalue weighted by atomic mass is 9.98. The highest BCUT2D eigenvalue weighted by atomic mass is 32.2. The van der Waals surface area contributed by atoms with E-state index in [9.17, 15) is 0 Å². The molecular formula is C11H25NS. The number of thioether (sulfide) groups is 1. The molecule has 0 saturated heterocycles. The molecule has 80 valence electrons. The van der Waals surface area contributed by atoms with E-state index in [0.29, 0.717) is 6.04 Å². The monoisotopic (exact) mass is 203 g/mol. The summed E-state index contributed by atoms with van der Waals surface area (Å²) in [6, 6.07) is 0.717. The number of hydrogen-bond acceptors (Lipinski definition) is 2. The van der Waals surface area contributed by atoms with Crippen molar-refractivity contribution >= 4 is 11.8 Å². The van der Waals surface area contributed by atoms with Crippen molar-refractivity contribution in [2.24, 2.45) is 5.92 Å². The third-order valence-electron chi connectivity index (χ3n) is 2.54. The first-order chi connectivity index (χ1) is 6.22. The lowest BCUT2D eigenvalue weighted by Gasteiger charge is -2.19. The van der Waals surface area contributed by atoms with Gasteiger partial charge < -0.3 is 5.32 Å². The SMILES string of the molecule is CNC(CCCCCSC)C(C)C. The molecule has 0 heterocycles. The Bertz CT molecular complexity index is 104. The average molecular weight is 203 g/mol. The summed E-state index contributed by atoms with van der Waals surface area (Å²) in [7, 11) is 2.08. The van der Waals surface area contributed by atoms with E-state index in [0.717, 1.165) is 5.92 Å². The molecular weight excluding hydrogens is 178 g/mol. The predicted molar refractivity (Wildman–Crippen MR) is 64.5 cm³/mol. The Morgan fingerprint density at radius 3 is 2.31 bits per heavy atom. The molecule has 0 aliphatic carbocycles. The van der Waals surface area contributed by atoms with Crippen LogP contribution in [0.3, 0.4) is 0 Å². The molecule has 2 heteroatoms. The summed E-state index contributed by atoms with van der Waals surface area (Å²) >= 11 is 1.96. The van der Waals surface area contributed by atoms with Gasteiger partial charge in [-0.2, -0.15) is 11.8 Å². The van der Waals surface area contributed by atoms with Crippen LogP contribution in [0.25, 0.3) is 0 Å². The van der Waals surface area contributed by atoms with E-state index >= 15 is 0 Å². The molecule has 1 nitrogen and oxygen atoms in total. The summed E-state index contributed by atoms with van der Waals surface area (Å²) in [5.41, 5.74) is 0. The van der Waals surface area contributed by atoms with Crippen molar-refractivity contribution < 1.29 is 0 Å². The van der Waals surface area contributed by atoms with Gasteiger partial charge in [-0.15, -0.1) is 0 Å². The summed E-state index contributed by atoms with van der Waals surface area (Å²) < 4.78 is 0. The van der Waals surface area contributed by atoms with Crippen LogP contribution in [-0.2, 0) is 0 Å². The van der Waals surface area contributed by atoms with Crippen molar-refractivity contribution in [2.45, 2.75) is 45.6 Å². The highest BCUT2D eigenvalue weighted by Crippen LogP contribution is 2.11. The van der Waals surface area contributed by atoms with Crippen molar-refractivity contribution in [2.75, 3.05) is 19.1 Å². The number of hydrogen-bond donors (Lipinski definition) is 1. The Kier molecular flexibility index (Phi) is 9.10. The quantitative estimate of drug-likeness (QED) is 0.608. The van der Waals surface area contributed by atoms with Crippen LogP contribution in [0.4, 0.5) is 0 Å². The Morgan fingerprint density at radius 1 is 1.15 bits per heavy atom. The van der Waals surface area contributed by atoms with Crippen LogP contribution in [0.2, 0.25) is 0 Å². The second-order valence-corrected chi connectivity index (χ2v) is 4.97. The molecule has 0 fully saturated rings. The molecule has 0 aliphatic heterocycles. The first kappa shape index (κ1) is 13.3. The molecule has 1 unspecified atom stereocenters. The van der Waals surface area contributed by atoms with Crippen molar-refractivity contribution in [3.05, 3.63) is 0 Å². The van der Waals surface area contributed by atoms with Gasteiger partial charge in [-0.25, -0.2) is 0 Å². The second-order valence-electron chi connectivity index (χ2n) is 3.98. The van der Waals surface area contributed by atoms with Gasteiger partial charge >= 0.3 is 0 Å². The van der Waals surface area contributed by atoms with E-state index in [1.165, 1.54) is 31.4 Å². The number of nitrogens with one attached hydrogen (secondary N) is 1. The van der Waals surface area contributed by atoms with E-state index in [-0.39, 0.29) is 0 Å². The van der Waals surface area contributed by atoms with E-state index in [1.54, 1.807) is 0 Å². The van der Waals surface area contributed by atoms with Crippen molar-refractivity contribution in [3.8, 4) is 0 Å². The summed E-state index contributed by atoms with van der Waals surface area (Å²) in [6.07, 6.45) is 7.68. The molecule has 0 rings (SSSR count). The molecule has 0 aromatic heterocycles. The fourth-order valence-electron chi connectivity index (χ4n) is 1.60. The molecule has 0 aliphatic rings. The van der Waals surface area contributed by atoms with Crippen LogP contribution in [0.5, 0.6) is 0 Å². The van der Waals surface area contributed by atoms with Gasteiger partial charge in [-0.3, -0.25) is 0 Å². The maximum Gasteiger partial charge on any atom is 0.00870 e. The van der Waals surface area contributed by atoms with Crippen LogP contribution in [0, 0.1) is 5.92 Å². The molecule has 0 amide bonds. The molecule has 1 atom stereocenters. The molecule has 0 aromatic carbocycles. The van der Waals surface area contributed by atoms with E-state index in [4.69, 9.17) is 0 Å². The Labute approximate surface area is 88.1 Å². The minimum Gasteiger partial charge on any atom is -0.317 e. The smallest absolute Gasteiger partial charge is 0.00870 e. The Morgan fingerprint density at radius 2 is 1.85 bits per heavy atom. The predicted octanol–water partition coefficient (Wildman–Crippen LogP) is 3.15. The zero-order valence-corrected chi connectivity index (χ0v) is 10.4. The minimum atomic E-state index is 0.717.